The Labute approximate surface area is 183 Å². The Kier molecular flexibility index (Phi) is 5.80. The van der Waals surface area contributed by atoms with Crippen molar-refractivity contribution in [3.05, 3.63) is 24.2 Å². The molecule has 2 aliphatic heterocycles. The summed E-state index contributed by atoms with van der Waals surface area (Å²) >= 11 is 0. The number of esters is 1. The second kappa shape index (κ2) is 8.28. The van der Waals surface area contributed by atoms with Crippen LogP contribution in [0.2, 0.25) is 0 Å². The second-order valence-electron chi connectivity index (χ2n) is 8.08. The second-order valence-corrected chi connectivity index (χ2v) is 10.4. The van der Waals surface area contributed by atoms with Gasteiger partial charge in [0.15, 0.2) is 5.82 Å². The number of aliphatic hydroxyl groups is 2. The number of nitrogens with two attached hydrogens (primary N) is 1. The number of aromatic nitrogens is 3. The summed E-state index contributed by atoms with van der Waals surface area (Å²) in [5.41, 5.74) is 4.39. The average molecular weight is 465 g/mol. The monoisotopic (exact) mass is 465 g/mol. The minimum absolute atomic E-state index is 0.0455. The third-order valence-corrected chi connectivity index (χ3v) is 7.74. The summed E-state index contributed by atoms with van der Waals surface area (Å²) in [6, 6.07) is 4.96. The number of anilines is 1. The number of nitrogen functional groups attached to an aromatic ring is 1. The molecule has 2 aliphatic rings. The molecule has 12 nitrogen and oxygen atoms in total. The smallest absolute Gasteiger partial charge is 0.306 e. The van der Waals surface area contributed by atoms with Crippen LogP contribution in [0.5, 0.6) is 0 Å². The molecule has 0 amide bonds. The van der Waals surface area contributed by atoms with Crippen molar-refractivity contribution in [3.8, 4) is 6.07 Å². The van der Waals surface area contributed by atoms with E-state index in [0.29, 0.717) is 18.4 Å². The molecule has 2 aromatic rings. The summed E-state index contributed by atoms with van der Waals surface area (Å²) in [5, 5.41) is 35.1. The number of sulfone groups is 1. The summed E-state index contributed by atoms with van der Waals surface area (Å²) in [5.74, 6) is -0.408. The van der Waals surface area contributed by atoms with E-state index in [1.807, 2.05) is 6.07 Å². The van der Waals surface area contributed by atoms with Crippen LogP contribution in [0.25, 0.3) is 5.52 Å². The van der Waals surface area contributed by atoms with Crippen molar-refractivity contribution in [2.24, 2.45) is 5.92 Å². The molecule has 0 radical (unpaired) electrons. The van der Waals surface area contributed by atoms with Crippen LogP contribution in [0.15, 0.2) is 18.5 Å². The lowest BCUT2D eigenvalue weighted by Crippen LogP contribution is -2.41. The van der Waals surface area contributed by atoms with Gasteiger partial charge in [0.25, 0.3) is 0 Å². The first-order valence-electron chi connectivity index (χ1n) is 10.1. The van der Waals surface area contributed by atoms with Gasteiger partial charge >= 0.3 is 5.97 Å². The lowest BCUT2D eigenvalue weighted by atomic mass is 9.92. The lowest BCUT2D eigenvalue weighted by Gasteiger charge is -2.24. The molecule has 4 heterocycles. The predicted molar refractivity (Wildman–Crippen MR) is 109 cm³/mol. The maximum Gasteiger partial charge on any atom is 0.306 e. The largest absolute Gasteiger partial charge is 0.463 e. The molecule has 13 heteroatoms. The Bertz CT molecular complexity index is 1160. The van der Waals surface area contributed by atoms with Crippen molar-refractivity contribution in [2.45, 2.75) is 43.2 Å². The number of hydrogen-bond acceptors (Lipinski definition) is 11. The maximum atomic E-state index is 12.2. The number of carbonyl (C=O) groups is 1. The molecule has 4 N–H and O–H groups in total. The summed E-state index contributed by atoms with van der Waals surface area (Å²) < 4.78 is 35.3. The van der Waals surface area contributed by atoms with Crippen LogP contribution in [-0.4, -0.2) is 75.6 Å². The minimum Gasteiger partial charge on any atom is -0.463 e. The van der Waals surface area contributed by atoms with Crippen molar-refractivity contribution in [3.63, 3.8) is 0 Å². The molecular weight excluding hydrogens is 442 g/mol. The lowest BCUT2D eigenvalue weighted by molar-refractivity contribution is -0.151. The zero-order chi connectivity index (χ0) is 23.1. The van der Waals surface area contributed by atoms with E-state index in [9.17, 15) is 28.7 Å². The molecule has 32 heavy (non-hydrogen) atoms. The zero-order valence-corrected chi connectivity index (χ0v) is 17.8. The first-order chi connectivity index (χ1) is 15.2. The summed E-state index contributed by atoms with van der Waals surface area (Å²) in [6.07, 6.45) is -2.30. The van der Waals surface area contributed by atoms with E-state index in [1.165, 1.54) is 16.9 Å². The standard InChI is InChI=1S/C19H23N5O7S/c20-9-19(14-2-1-12-18(21)22-10-23-24(12)14)17(27)16(26)13(31-19)8-30-15(25)7-11-3-5-32(28,29)6-4-11/h1-2,10-11,13,16-17,26-27H,3-8H2,(H2,21,22,23)/t13-,16-,17-,19+/m1/s1. The molecule has 4 atom stereocenters. The van der Waals surface area contributed by atoms with Gasteiger partial charge in [-0.25, -0.2) is 17.9 Å². The Morgan fingerprint density at radius 3 is 2.78 bits per heavy atom. The Morgan fingerprint density at radius 2 is 2.09 bits per heavy atom. The quantitative estimate of drug-likeness (QED) is 0.455. The number of rotatable bonds is 5. The van der Waals surface area contributed by atoms with Crippen molar-refractivity contribution in [2.75, 3.05) is 23.8 Å². The van der Waals surface area contributed by atoms with Gasteiger partial charge in [0.05, 0.1) is 17.2 Å². The van der Waals surface area contributed by atoms with Crippen LogP contribution in [-0.2, 0) is 29.7 Å². The highest BCUT2D eigenvalue weighted by atomic mass is 32.2. The fraction of sp³-hybridized carbons (Fsp3) is 0.579. The van der Waals surface area contributed by atoms with Gasteiger partial charge in [-0.1, -0.05) is 0 Å². The molecule has 4 rings (SSSR count). The zero-order valence-electron chi connectivity index (χ0n) is 17.0. The molecule has 0 aromatic carbocycles. The number of carbonyl (C=O) groups excluding carboxylic acids is 1. The highest BCUT2D eigenvalue weighted by Crippen LogP contribution is 2.40. The molecule has 0 bridgehead atoms. The summed E-state index contributed by atoms with van der Waals surface area (Å²) in [4.78, 5) is 16.1. The molecule has 0 spiro atoms. The van der Waals surface area contributed by atoms with Crippen LogP contribution in [0.4, 0.5) is 5.82 Å². The third-order valence-electron chi connectivity index (χ3n) is 6.02. The van der Waals surface area contributed by atoms with E-state index in [0.717, 1.165) is 0 Å². The van der Waals surface area contributed by atoms with Gasteiger partial charge in [-0.05, 0) is 30.9 Å². The Morgan fingerprint density at radius 1 is 1.38 bits per heavy atom. The number of ether oxygens (including phenoxy) is 2. The van der Waals surface area contributed by atoms with Gasteiger partial charge < -0.3 is 25.4 Å². The fourth-order valence-electron chi connectivity index (χ4n) is 4.16. The van der Waals surface area contributed by atoms with Crippen molar-refractivity contribution in [1.82, 2.24) is 14.6 Å². The van der Waals surface area contributed by atoms with Gasteiger partial charge in [-0.3, -0.25) is 4.79 Å². The first-order valence-corrected chi connectivity index (χ1v) is 11.9. The van der Waals surface area contributed by atoms with Gasteiger partial charge in [-0.2, -0.15) is 10.4 Å². The van der Waals surface area contributed by atoms with Crippen LogP contribution in [0.3, 0.4) is 0 Å². The topological polar surface area (TPSA) is 190 Å². The molecule has 172 valence electrons. The Balaban J connectivity index is 1.45. The molecular formula is C19H23N5O7S. The van der Waals surface area contributed by atoms with E-state index >= 15 is 0 Å². The van der Waals surface area contributed by atoms with Crippen LogP contribution in [0.1, 0.15) is 25.0 Å². The van der Waals surface area contributed by atoms with Crippen LogP contribution >= 0.6 is 0 Å². The van der Waals surface area contributed by atoms with E-state index in [4.69, 9.17) is 15.2 Å². The van der Waals surface area contributed by atoms with Crippen molar-refractivity contribution in [1.29, 1.82) is 5.26 Å². The van der Waals surface area contributed by atoms with Crippen molar-refractivity contribution >= 4 is 27.1 Å². The average Bonchev–Trinajstić information content (AvgIpc) is 3.30. The molecule has 0 aliphatic carbocycles. The van der Waals surface area contributed by atoms with Gasteiger partial charge in [0.1, 0.15) is 52.7 Å². The van der Waals surface area contributed by atoms with E-state index in [2.05, 4.69) is 10.1 Å². The van der Waals surface area contributed by atoms with E-state index in [-0.39, 0.29) is 42.0 Å². The molecule has 0 saturated carbocycles. The highest BCUT2D eigenvalue weighted by Gasteiger charge is 2.57. The normalized spacial score (nSPS) is 30.2. The summed E-state index contributed by atoms with van der Waals surface area (Å²) in [7, 11) is -3.03. The number of fused-ring (bicyclic) bond motifs is 1. The SMILES string of the molecule is N#C[C@@]1(c2ccc3c(N)ncnn23)O[C@H](COC(=O)CC2CCS(=O)(=O)CC2)[C@@H](O)[C@H]1O. The minimum atomic E-state index is -3.03. The maximum absolute atomic E-state index is 12.2. The number of hydrogen-bond donors (Lipinski definition) is 3. The van der Waals surface area contributed by atoms with Crippen LogP contribution < -0.4 is 5.73 Å². The van der Waals surface area contributed by atoms with Gasteiger partial charge in [0.2, 0.25) is 5.60 Å². The molecule has 2 fully saturated rings. The van der Waals surface area contributed by atoms with Crippen molar-refractivity contribution < 1.29 is 32.9 Å². The van der Waals surface area contributed by atoms with E-state index in [1.54, 1.807) is 6.07 Å². The number of aliphatic hydroxyl groups excluding tert-OH is 2. The number of nitriles is 1. The molecule has 0 unspecified atom stereocenters. The Hall–Kier alpha value is -2.79. The fourth-order valence-corrected chi connectivity index (χ4v) is 5.75. The summed E-state index contributed by atoms with van der Waals surface area (Å²) in [6.45, 7) is -0.383. The van der Waals surface area contributed by atoms with E-state index < -0.39 is 39.7 Å². The molecule has 2 saturated heterocycles. The molecule has 2 aromatic heterocycles. The highest BCUT2D eigenvalue weighted by molar-refractivity contribution is 7.91. The number of nitrogens with zero attached hydrogens (tertiary/aromatic N) is 4. The first kappa shape index (κ1) is 22.4. The van der Waals surface area contributed by atoms with Crippen LogP contribution in [0, 0.1) is 17.2 Å². The van der Waals surface area contributed by atoms with Gasteiger partial charge in [0, 0.05) is 6.42 Å². The predicted octanol–water partition coefficient (Wildman–Crippen LogP) is -1.09. The third kappa shape index (κ3) is 3.90. The van der Waals surface area contributed by atoms with Gasteiger partial charge in [-0.15, -0.1) is 0 Å².